The summed E-state index contributed by atoms with van der Waals surface area (Å²) in [6.07, 6.45) is 7.04. The quantitative estimate of drug-likeness (QED) is 0.695. The monoisotopic (exact) mass is 440 g/mol. The molecule has 2 aromatic rings. The van der Waals surface area contributed by atoms with E-state index in [2.05, 4.69) is 5.32 Å². The first kappa shape index (κ1) is 21.2. The van der Waals surface area contributed by atoms with Gasteiger partial charge >= 0.3 is 0 Å². The minimum Gasteiger partial charge on any atom is -0.489 e. The molecule has 0 radical (unpaired) electrons. The molecule has 7 heteroatoms. The molecular formula is C24H25ClN2O4. The van der Waals surface area contributed by atoms with Crippen molar-refractivity contribution in [2.24, 2.45) is 0 Å². The topological polar surface area (TPSA) is 67.9 Å². The van der Waals surface area contributed by atoms with E-state index >= 15 is 0 Å². The fraction of sp³-hybridized carbons (Fsp3) is 0.333. The van der Waals surface area contributed by atoms with Crippen molar-refractivity contribution in [1.29, 1.82) is 0 Å². The Morgan fingerprint density at radius 2 is 1.77 bits per heavy atom. The Labute approximate surface area is 186 Å². The smallest absolute Gasteiger partial charge is 0.255 e. The normalized spacial score (nSPS) is 16.1. The molecule has 4 rings (SSSR count). The van der Waals surface area contributed by atoms with Crippen LogP contribution in [0, 0.1) is 0 Å². The minimum absolute atomic E-state index is 0.0470. The molecule has 1 saturated heterocycles. The summed E-state index contributed by atoms with van der Waals surface area (Å²) in [5.74, 6) is 0.727. The number of hydrogen-bond acceptors (Lipinski definition) is 4. The maximum atomic E-state index is 12.9. The molecule has 0 aliphatic carbocycles. The van der Waals surface area contributed by atoms with Crippen molar-refractivity contribution in [1.82, 2.24) is 4.90 Å². The number of benzene rings is 2. The number of fused-ring (bicyclic) bond motifs is 1. The Kier molecular flexibility index (Phi) is 6.77. The third-order valence-electron chi connectivity index (χ3n) is 5.31. The fourth-order valence-electron chi connectivity index (χ4n) is 3.74. The lowest BCUT2D eigenvalue weighted by atomic mass is 10.1. The predicted octanol–water partition coefficient (Wildman–Crippen LogP) is 4.78. The van der Waals surface area contributed by atoms with E-state index in [0.29, 0.717) is 41.0 Å². The van der Waals surface area contributed by atoms with Gasteiger partial charge in [0.25, 0.3) is 5.91 Å². The zero-order chi connectivity index (χ0) is 21.6. The zero-order valence-corrected chi connectivity index (χ0v) is 18.0. The molecule has 0 atom stereocenters. The van der Waals surface area contributed by atoms with E-state index in [0.717, 1.165) is 44.3 Å². The number of amides is 2. The van der Waals surface area contributed by atoms with Gasteiger partial charge in [-0.1, -0.05) is 23.7 Å². The minimum atomic E-state index is -0.331. The molecule has 0 unspecified atom stereocenters. The number of likely N-dealkylation sites (tertiary alicyclic amines) is 1. The molecule has 0 aromatic heterocycles. The molecule has 1 fully saturated rings. The highest BCUT2D eigenvalue weighted by molar-refractivity contribution is 6.32. The van der Waals surface area contributed by atoms with Crippen molar-refractivity contribution in [2.45, 2.75) is 25.7 Å². The number of rotatable bonds is 4. The van der Waals surface area contributed by atoms with Crippen molar-refractivity contribution in [3.05, 3.63) is 58.6 Å². The summed E-state index contributed by atoms with van der Waals surface area (Å²) in [4.78, 5) is 27.3. The van der Waals surface area contributed by atoms with Crippen molar-refractivity contribution in [3.63, 3.8) is 0 Å². The molecule has 2 aliphatic rings. The highest BCUT2D eigenvalue weighted by atomic mass is 35.5. The molecule has 2 aromatic carbocycles. The number of halogens is 1. The van der Waals surface area contributed by atoms with Crippen LogP contribution in [0.2, 0.25) is 5.02 Å². The van der Waals surface area contributed by atoms with E-state index in [1.54, 1.807) is 36.4 Å². The lowest BCUT2D eigenvalue weighted by Crippen LogP contribution is -2.36. The van der Waals surface area contributed by atoms with Gasteiger partial charge in [0.2, 0.25) is 5.91 Å². The highest BCUT2D eigenvalue weighted by Gasteiger charge is 2.21. The number of ether oxygens (including phenoxy) is 2. The number of carbonyl (C=O) groups excluding carboxylic acids is 2. The molecular weight excluding hydrogens is 416 g/mol. The van der Waals surface area contributed by atoms with Crippen LogP contribution in [0.1, 0.15) is 41.6 Å². The van der Waals surface area contributed by atoms with Gasteiger partial charge in [-0.2, -0.15) is 0 Å². The maximum absolute atomic E-state index is 12.9. The standard InChI is InChI=1S/C24H25ClN2O4/c25-19-15-17(16-21-23(19)31-14-6-13-30-21)9-10-22(28)26-20-8-3-2-7-18(20)24(29)27-11-4-1-5-12-27/h2-3,7-10,15-16H,1,4-6,11-14H2,(H,26,28)/b10-9+. The summed E-state index contributed by atoms with van der Waals surface area (Å²) in [6, 6.07) is 10.6. The van der Waals surface area contributed by atoms with Gasteiger partial charge in [0.1, 0.15) is 0 Å². The number of anilines is 1. The van der Waals surface area contributed by atoms with Gasteiger partial charge in [0, 0.05) is 25.6 Å². The summed E-state index contributed by atoms with van der Waals surface area (Å²) in [6.45, 7) is 2.62. The van der Waals surface area contributed by atoms with E-state index in [1.807, 2.05) is 11.0 Å². The predicted molar refractivity (Wildman–Crippen MR) is 121 cm³/mol. The average Bonchev–Trinajstić information content (AvgIpc) is 3.04. The first-order valence-electron chi connectivity index (χ1n) is 10.6. The molecule has 2 aliphatic heterocycles. The van der Waals surface area contributed by atoms with Crippen molar-refractivity contribution >= 4 is 35.2 Å². The zero-order valence-electron chi connectivity index (χ0n) is 17.2. The average molecular weight is 441 g/mol. The van der Waals surface area contributed by atoms with Crippen LogP contribution in [0.3, 0.4) is 0 Å². The second kappa shape index (κ2) is 9.88. The van der Waals surface area contributed by atoms with E-state index < -0.39 is 0 Å². The van der Waals surface area contributed by atoms with E-state index in [-0.39, 0.29) is 11.8 Å². The van der Waals surface area contributed by atoms with E-state index in [9.17, 15) is 9.59 Å². The Morgan fingerprint density at radius 1 is 1.00 bits per heavy atom. The summed E-state index contributed by atoms with van der Waals surface area (Å²) in [5.41, 5.74) is 1.73. The van der Waals surface area contributed by atoms with Crippen LogP contribution in [0.15, 0.2) is 42.5 Å². The number of nitrogens with zero attached hydrogens (tertiary/aromatic N) is 1. The Hall–Kier alpha value is -2.99. The molecule has 162 valence electrons. The summed E-state index contributed by atoms with van der Waals surface area (Å²) in [7, 11) is 0. The molecule has 2 heterocycles. The number of piperidine rings is 1. The highest BCUT2D eigenvalue weighted by Crippen LogP contribution is 2.38. The van der Waals surface area contributed by atoms with Crippen LogP contribution >= 0.6 is 11.6 Å². The Bertz CT molecular complexity index is 999. The van der Waals surface area contributed by atoms with Gasteiger partial charge in [-0.3, -0.25) is 9.59 Å². The Balaban J connectivity index is 1.47. The van der Waals surface area contributed by atoms with Gasteiger partial charge in [-0.25, -0.2) is 0 Å². The fourth-order valence-corrected chi connectivity index (χ4v) is 4.01. The van der Waals surface area contributed by atoms with Crippen LogP contribution in [-0.2, 0) is 4.79 Å². The van der Waals surface area contributed by atoms with Crippen molar-refractivity contribution in [2.75, 3.05) is 31.6 Å². The number of carbonyl (C=O) groups is 2. The van der Waals surface area contributed by atoms with Gasteiger partial charge in [-0.05, 0) is 55.2 Å². The molecule has 31 heavy (non-hydrogen) atoms. The first-order chi connectivity index (χ1) is 15.1. The van der Waals surface area contributed by atoms with Crippen LogP contribution in [-0.4, -0.2) is 43.0 Å². The third kappa shape index (κ3) is 5.20. The van der Waals surface area contributed by atoms with Crippen LogP contribution < -0.4 is 14.8 Å². The van der Waals surface area contributed by atoms with E-state index in [1.165, 1.54) is 6.08 Å². The number of hydrogen-bond donors (Lipinski definition) is 1. The van der Waals surface area contributed by atoms with Crippen LogP contribution in [0.25, 0.3) is 6.08 Å². The van der Waals surface area contributed by atoms with Gasteiger partial charge in [-0.15, -0.1) is 0 Å². The lowest BCUT2D eigenvalue weighted by Gasteiger charge is -2.27. The number of nitrogens with one attached hydrogen (secondary N) is 1. The molecule has 2 amide bonds. The summed E-state index contributed by atoms with van der Waals surface area (Å²) >= 11 is 6.31. The molecule has 0 spiro atoms. The molecule has 1 N–H and O–H groups in total. The van der Waals surface area contributed by atoms with Crippen molar-refractivity contribution in [3.8, 4) is 11.5 Å². The Morgan fingerprint density at radius 3 is 2.61 bits per heavy atom. The molecule has 0 bridgehead atoms. The van der Waals surface area contributed by atoms with E-state index in [4.69, 9.17) is 21.1 Å². The second-order valence-corrected chi connectivity index (χ2v) is 8.01. The largest absolute Gasteiger partial charge is 0.489 e. The summed E-state index contributed by atoms with van der Waals surface area (Å²) in [5, 5.41) is 3.27. The van der Waals surface area contributed by atoms with Crippen LogP contribution in [0.4, 0.5) is 5.69 Å². The molecule has 0 saturated carbocycles. The number of para-hydroxylation sites is 1. The van der Waals surface area contributed by atoms with Gasteiger partial charge in [0.05, 0.1) is 29.5 Å². The second-order valence-electron chi connectivity index (χ2n) is 7.60. The third-order valence-corrected chi connectivity index (χ3v) is 5.59. The van der Waals surface area contributed by atoms with Crippen LogP contribution in [0.5, 0.6) is 11.5 Å². The SMILES string of the molecule is O=C(/C=C/c1cc(Cl)c2c(c1)OCCCO2)Nc1ccccc1C(=O)N1CCCCC1. The maximum Gasteiger partial charge on any atom is 0.255 e. The summed E-state index contributed by atoms with van der Waals surface area (Å²) < 4.78 is 11.3. The van der Waals surface area contributed by atoms with Gasteiger partial charge < -0.3 is 19.7 Å². The lowest BCUT2D eigenvalue weighted by molar-refractivity contribution is -0.111. The molecule has 6 nitrogen and oxygen atoms in total. The van der Waals surface area contributed by atoms with Gasteiger partial charge in [0.15, 0.2) is 11.5 Å². The van der Waals surface area contributed by atoms with Crippen molar-refractivity contribution < 1.29 is 19.1 Å². The first-order valence-corrected chi connectivity index (χ1v) is 11.0.